The summed E-state index contributed by atoms with van der Waals surface area (Å²) in [5.41, 5.74) is 5.32. The Balaban J connectivity index is 2.34. The minimum absolute atomic E-state index is 0.0204. The molecule has 7 heteroatoms. The first-order chi connectivity index (χ1) is 8.54. The van der Waals surface area contributed by atoms with E-state index in [1.807, 2.05) is 0 Å². The molecule has 1 rings (SSSR count). The molecule has 0 aliphatic carbocycles. The lowest BCUT2D eigenvalue weighted by Crippen LogP contribution is -2.29. The minimum atomic E-state index is -0.603. The van der Waals surface area contributed by atoms with E-state index in [2.05, 4.69) is 5.16 Å². The average Bonchev–Trinajstić information content (AvgIpc) is 2.35. The highest BCUT2D eigenvalue weighted by molar-refractivity contribution is 7.99. The summed E-state index contributed by atoms with van der Waals surface area (Å²) in [4.78, 5) is 0.358. The van der Waals surface area contributed by atoms with E-state index in [1.54, 1.807) is 6.92 Å². The highest BCUT2D eigenvalue weighted by atomic mass is 32.2. The molecule has 0 fully saturated rings. The highest BCUT2D eigenvalue weighted by Crippen LogP contribution is 2.22. The van der Waals surface area contributed by atoms with Crippen LogP contribution < -0.4 is 5.73 Å². The number of amidine groups is 1. The van der Waals surface area contributed by atoms with Crippen molar-refractivity contribution in [2.75, 3.05) is 12.4 Å². The summed E-state index contributed by atoms with van der Waals surface area (Å²) in [5, 5.41) is 11.2. The van der Waals surface area contributed by atoms with Crippen molar-refractivity contribution in [3.63, 3.8) is 0 Å². The van der Waals surface area contributed by atoms with E-state index in [9.17, 15) is 8.78 Å². The van der Waals surface area contributed by atoms with Crippen LogP contribution in [0.2, 0.25) is 0 Å². The van der Waals surface area contributed by atoms with Gasteiger partial charge in [-0.3, -0.25) is 0 Å². The van der Waals surface area contributed by atoms with Crippen molar-refractivity contribution in [3.8, 4) is 0 Å². The van der Waals surface area contributed by atoms with Gasteiger partial charge < -0.3 is 15.7 Å². The Hall–Kier alpha value is -1.34. The number of nitrogens with two attached hydrogens (primary N) is 1. The zero-order valence-corrected chi connectivity index (χ0v) is 10.6. The van der Waals surface area contributed by atoms with Gasteiger partial charge in [0.05, 0.1) is 6.61 Å². The van der Waals surface area contributed by atoms with E-state index in [4.69, 9.17) is 15.7 Å². The minimum Gasteiger partial charge on any atom is -0.409 e. The first-order valence-electron chi connectivity index (χ1n) is 5.21. The monoisotopic (exact) mass is 276 g/mol. The third-order valence-electron chi connectivity index (χ3n) is 2.13. The van der Waals surface area contributed by atoms with E-state index in [0.29, 0.717) is 17.3 Å². The molecule has 1 aromatic rings. The molecule has 4 nitrogen and oxygen atoms in total. The number of benzene rings is 1. The fourth-order valence-corrected chi connectivity index (χ4v) is 1.90. The van der Waals surface area contributed by atoms with Crippen molar-refractivity contribution in [2.45, 2.75) is 17.9 Å². The first kappa shape index (κ1) is 14.7. The summed E-state index contributed by atoms with van der Waals surface area (Å²) in [5.74, 6) is -0.739. The Bertz CT molecular complexity index is 430. The van der Waals surface area contributed by atoms with Gasteiger partial charge >= 0.3 is 0 Å². The zero-order valence-electron chi connectivity index (χ0n) is 9.77. The molecule has 1 atom stereocenters. The Morgan fingerprint density at radius 1 is 1.56 bits per heavy atom. The van der Waals surface area contributed by atoms with Gasteiger partial charge in [0.1, 0.15) is 17.7 Å². The van der Waals surface area contributed by atoms with Gasteiger partial charge in [-0.25, -0.2) is 8.78 Å². The van der Waals surface area contributed by atoms with Gasteiger partial charge in [-0.05, 0) is 19.1 Å². The number of rotatable bonds is 6. The summed E-state index contributed by atoms with van der Waals surface area (Å²) in [6.45, 7) is 1.94. The second kappa shape index (κ2) is 7.17. The molecule has 0 bridgehead atoms. The maximum Gasteiger partial charge on any atom is 0.168 e. The van der Waals surface area contributed by atoms with Crippen LogP contribution in [0.3, 0.4) is 0 Å². The van der Waals surface area contributed by atoms with Gasteiger partial charge in [-0.15, -0.1) is 11.8 Å². The average molecular weight is 276 g/mol. The predicted molar refractivity (Wildman–Crippen MR) is 65.9 cm³/mol. The van der Waals surface area contributed by atoms with Gasteiger partial charge in [-0.1, -0.05) is 5.16 Å². The molecule has 1 unspecified atom stereocenters. The molecule has 0 heterocycles. The number of halogens is 2. The summed E-state index contributed by atoms with van der Waals surface area (Å²) < 4.78 is 31.1. The molecule has 0 aliphatic heterocycles. The van der Waals surface area contributed by atoms with Gasteiger partial charge in [0, 0.05) is 16.7 Å². The van der Waals surface area contributed by atoms with E-state index < -0.39 is 17.7 Å². The van der Waals surface area contributed by atoms with Crippen molar-refractivity contribution >= 4 is 17.6 Å². The fraction of sp³-hybridized carbons (Fsp3) is 0.364. The third kappa shape index (κ3) is 4.50. The summed E-state index contributed by atoms with van der Waals surface area (Å²) in [6.07, 6.45) is -0.506. The van der Waals surface area contributed by atoms with Crippen molar-refractivity contribution < 1.29 is 18.7 Å². The SMILES string of the molecule is CC(OCCSc1ccc(F)cc1F)/C(N)=N/O. The first-order valence-corrected chi connectivity index (χ1v) is 6.20. The van der Waals surface area contributed by atoms with E-state index in [1.165, 1.54) is 23.9 Å². The molecule has 100 valence electrons. The fourth-order valence-electron chi connectivity index (χ4n) is 1.14. The Labute approximate surface area is 108 Å². The van der Waals surface area contributed by atoms with Crippen LogP contribution in [-0.4, -0.2) is 29.5 Å². The number of hydrogen-bond donors (Lipinski definition) is 2. The van der Waals surface area contributed by atoms with Crippen LogP contribution in [0, 0.1) is 11.6 Å². The molecule has 3 N–H and O–H groups in total. The van der Waals surface area contributed by atoms with Crippen molar-refractivity contribution in [1.82, 2.24) is 0 Å². The summed E-state index contributed by atoms with van der Waals surface area (Å²) in [7, 11) is 0. The van der Waals surface area contributed by atoms with Crippen LogP contribution in [0.1, 0.15) is 6.92 Å². The predicted octanol–water partition coefficient (Wildman–Crippen LogP) is 2.21. The molecular weight excluding hydrogens is 262 g/mol. The van der Waals surface area contributed by atoms with Crippen LogP contribution in [0.5, 0.6) is 0 Å². The molecule has 0 saturated carbocycles. The van der Waals surface area contributed by atoms with Crippen molar-refractivity contribution in [1.29, 1.82) is 0 Å². The Kier molecular flexibility index (Phi) is 5.87. The third-order valence-corrected chi connectivity index (χ3v) is 3.15. The topological polar surface area (TPSA) is 67.8 Å². The summed E-state index contributed by atoms with van der Waals surface area (Å²) >= 11 is 1.21. The van der Waals surface area contributed by atoms with Gasteiger partial charge in [0.2, 0.25) is 0 Å². The lowest BCUT2D eigenvalue weighted by atomic mass is 10.3. The molecule has 0 spiro atoms. The Morgan fingerprint density at radius 2 is 2.28 bits per heavy atom. The van der Waals surface area contributed by atoms with E-state index in [-0.39, 0.29) is 5.84 Å². The highest BCUT2D eigenvalue weighted by Gasteiger charge is 2.08. The smallest absolute Gasteiger partial charge is 0.168 e. The van der Waals surface area contributed by atoms with Crippen molar-refractivity contribution in [3.05, 3.63) is 29.8 Å². The summed E-state index contributed by atoms with van der Waals surface area (Å²) in [6, 6.07) is 3.41. The Morgan fingerprint density at radius 3 is 2.89 bits per heavy atom. The zero-order chi connectivity index (χ0) is 13.5. The molecule has 1 aromatic carbocycles. The normalized spacial score (nSPS) is 13.6. The number of oxime groups is 1. The quantitative estimate of drug-likeness (QED) is 0.209. The van der Waals surface area contributed by atoms with Crippen LogP contribution >= 0.6 is 11.8 Å². The van der Waals surface area contributed by atoms with Crippen LogP contribution in [0.4, 0.5) is 8.78 Å². The maximum absolute atomic E-state index is 13.2. The molecule has 0 radical (unpaired) electrons. The molecule has 18 heavy (non-hydrogen) atoms. The second-order valence-corrected chi connectivity index (χ2v) is 4.60. The second-order valence-electron chi connectivity index (χ2n) is 3.46. The van der Waals surface area contributed by atoms with Crippen LogP contribution in [-0.2, 0) is 4.74 Å². The molecule has 0 aromatic heterocycles. The standard InChI is InChI=1S/C11H14F2N2O2S/c1-7(11(14)15-16)17-4-5-18-10-3-2-8(12)6-9(10)13/h2-3,6-7,16H,4-5H2,1H3,(H2,14,15). The van der Waals surface area contributed by atoms with Gasteiger partial charge in [-0.2, -0.15) is 0 Å². The van der Waals surface area contributed by atoms with Gasteiger partial charge in [0.25, 0.3) is 0 Å². The molecule has 0 amide bonds. The van der Waals surface area contributed by atoms with Gasteiger partial charge in [0.15, 0.2) is 5.84 Å². The maximum atomic E-state index is 13.2. The lowest BCUT2D eigenvalue weighted by molar-refractivity contribution is 0.120. The number of ether oxygens (including phenoxy) is 1. The van der Waals surface area contributed by atoms with Crippen LogP contribution in [0.15, 0.2) is 28.3 Å². The lowest BCUT2D eigenvalue weighted by Gasteiger charge is -2.11. The van der Waals surface area contributed by atoms with Crippen LogP contribution in [0.25, 0.3) is 0 Å². The largest absolute Gasteiger partial charge is 0.409 e. The molecule has 0 saturated heterocycles. The number of nitrogens with zero attached hydrogens (tertiary/aromatic N) is 1. The van der Waals surface area contributed by atoms with E-state index in [0.717, 1.165) is 6.07 Å². The van der Waals surface area contributed by atoms with Crippen molar-refractivity contribution in [2.24, 2.45) is 10.9 Å². The number of hydrogen-bond acceptors (Lipinski definition) is 4. The van der Waals surface area contributed by atoms with E-state index >= 15 is 0 Å². The number of thioether (sulfide) groups is 1. The molecule has 0 aliphatic rings. The molecular formula is C11H14F2N2O2S.